The van der Waals surface area contributed by atoms with Gasteiger partial charge >= 0.3 is 6.18 Å². The Bertz CT molecular complexity index is 1080. The van der Waals surface area contributed by atoms with Gasteiger partial charge in [0.25, 0.3) is 0 Å². The van der Waals surface area contributed by atoms with E-state index in [1.165, 1.54) is 24.3 Å². The largest absolute Gasteiger partial charge is 0.416 e. The molecule has 1 saturated heterocycles. The minimum Gasteiger partial charge on any atom is -0.404 e. The molecule has 0 unspecified atom stereocenters. The van der Waals surface area contributed by atoms with Gasteiger partial charge in [0.1, 0.15) is 0 Å². The second-order valence-corrected chi connectivity index (χ2v) is 8.84. The van der Waals surface area contributed by atoms with E-state index in [-0.39, 0.29) is 23.3 Å². The van der Waals surface area contributed by atoms with Crippen molar-refractivity contribution < 1.29 is 17.9 Å². The van der Waals surface area contributed by atoms with Gasteiger partial charge in [0.2, 0.25) is 0 Å². The Morgan fingerprint density at radius 1 is 1.22 bits per heavy atom. The summed E-state index contributed by atoms with van der Waals surface area (Å²) in [5.74, 6) is 0. The molecule has 36 heavy (non-hydrogen) atoms. The van der Waals surface area contributed by atoms with Crippen molar-refractivity contribution in [3.05, 3.63) is 102 Å². The summed E-state index contributed by atoms with van der Waals surface area (Å²) in [6.07, 6.45) is 5.69. The molecule has 1 aliphatic rings. The molecule has 0 saturated carbocycles. The number of rotatable bonds is 10. The summed E-state index contributed by atoms with van der Waals surface area (Å²) in [5, 5.41) is 8.89. The van der Waals surface area contributed by atoms with E-state index in [0.717, 1.165) is 43.7 Å². The van der Waals surface area contributed by atoms with Crippen molar-refractivity contribution in [2.24, 2.45) is 16.9 Å². The maximum absolute atomic E-state index is 13.7. The van der Waals surface area contributed by atoms with Crippen LogP contribution in [0.2, 0.25) is 0 Å². The van der Waals surface area contributed by atoms with Crippen LogP contribution >= 0.6 is 0 Å². The van der Waals surface area contributed by atoms with Crippen LogP contribution in [-0.2, 0) is 4.74 Å². The molecule has 1 aromatic rings. The maximum atomic E-state index is 13.7. The van der Waals surface area contributed by atoms with Crippen LogP contribution in [0, 0.1) is 16.7 Å². The van der Waals surface area contributed by atoms with Crippen LogP contribution in [0.15, 0.2) is 90.7 Å². The first-order valence-corrected chi connectivity index (χ1v) is 11.5. The Balaban J connectivity index is 2.18. The smallest absolute Gasteiger partial charge is 0.404 e. The number of halogens is 3. The first-order valence-electron chi connectivity index (χ1n) is 11.5. The summed E-state index contributed by atoms with van der Waals surface area (Å²) in [5.41, 5.74) is 12.3. The van der Waals surface area contributed by atoms with Gasteiger partial charge in [0.05, 0.1) is 30.4 Å². The van der Waals surface area contributed by atoms with Crippen LogP contribution in [0.1, 0.15) is 24.0 Å². The molecule has 0 radical (unpaired) electrons. The third kappa shape index (κ3) is 8.01. The molecule has 4 N–H and O–H groups in total. The van der Waals surface area contributed by atoms with Gasteiger partial charge in [-0.15, -0.1) is 0 Å². The molecule has 192 valence electrons. The highest BCUT2D eigenvalue weighted by atomic mass is 19.4. The Kier molecular flexibility index (Phi) is 10.3. The van der Waals surface area contributed by atoms with Crippen LogP contribution < -0.4 is 11.5 Å². The third-order valence-corrected chi connectivity index (χ3v) is 6.16. The molecule has 1 aromatic carbocycles. The van der Waals surface area contributed by atoms with Gasteiger partial charge in [-0.05, 0) is 80.2 Å². The van der Waals surface area contributed by atoms with Gasteiger partial charge in [-0.3, -0.25) is 0 Å². The molecular formula is C28H33F3N4O. The number of ether oxygens (including phenoxy) is 1. The fraction of sp³-hybridized carbons (Fsp3) is 0.321. The average molecular weight is 499 g/mol. The summed E-state index contributed by atoms with van der Waals surface area (Å²) in [7, 11) is 2.04. The Morgan fingerprint density at radius 2 is 1.86 bits per heavy atom. The standard InChI is InChI=1S/C28H33F3N4O/c1-4-5-6-24(18-33)27(11-13-35(3)14-12-27)20-36-19-21(2)15-25(28(29,30)31)16-26(34)23-9-7-22(17-32)8-10-23/h4-10,15-16,18H,1-2,11-14,19-20,33-34H2,3H3/b6-5-,24-18+,25-15+,26-16-. The lowest BCUT2D eigenvalue weighted by atomic mass is 9.73. The van der Waals surface area contributed by atoms with Crippen molar-refractivity contribution >= 4 is 5.70 Å². The molecule has 0 atom stereocenters. The zero-order valence-electron chi connectivity index (χ0n) is 20.5. The summed E-state index contributed by atoms with van der Waals surface area (Å²) in [6, 6.07) is 7.94. The summed E-state index contributed by atoms with van der Waals surface area (Å²) in [6.45, 7) is 9.37. The normalized spacial score (nSPS) is 17.7. The van der Waals surface area contributed by atoms with Crippen LogP contribution in [0.25, 0.3) is 5.70 Å². The summed E-state index contributed by atoms with van der Waals surface area (Å²) < 4.78 is 47.1. The molecule has 0 aliphatic carbocycles. The second kappa shape index (κ2) is 13.0. The lowest BCUT2D eigenvalue weighted by molar-refractivity contribution is -0.0882. The predicted molar refractivity (Wildman–Crippen MR) is 138 cm³/mol. The van der Waals surface area contributed by atoms with Crippen LogP contribution in [-0.4, -0.2) is 44.4 Å². The molecule has 1 heterocycles. The fourth-order valence-electron chi connectivity index (χ4n) is 3.98. The van der Waals surface area contributed by atoms with Gasteiger partial charge in [-0.1, -0.05) is 43.5 Å². The van der Waals surface area contributed by atoms with E-state index in [1.54, 1.807) is 18.4 Å². The predicted octanol–water partition coefficient (Wildman–Crippen LogP) is 5.22. The Morgan fingerprint density at radius 3 is 2.39 bits per heavy atom. The molecule has 1 aliphatic heterocycles. The van der Waals surface area contributed by atoms with Crippen molar-refractivity contribution in [2.45, 2.75) is 19.0 Å². The van der Waals surface area contributed by atoms with Crippen molar-refractivity contribution in [3.8, 4) is 6.07 Å². The molecule has 5 nitrogen and oxygen atoms in total. The number of nitrogens with two attached hydrogens (primary N) is 2. The topological polar surface area (TPSA) is 88.3 Å². The monoisotopic (exact) mass is 498 g/mol. The quantitative estimate of drug-likeness (QED) is 0.432. The van der Waals surface area contributed by atoms with Crippen molar-refractivity contribution in [1.29, 1.82) is 5.26 Å². The molecular weight excluding hydrogens is 465 g/mol. The lowest BCUT2D eigenvalue weighted by Gasteiger charge is -2.41. The van der Waals surface area contributed by atoms with Gasteiger partial charge in [0, 0.05) is 11.1 Å². The molecule has 0 bridgehead atoms. The van der Waals surface area contributed by atoms with E-state index < -0.39 is 11.7 Å². The highest BCUT2D eigenvalue weighted by Gasteiger charge is 2.37. The highest BCUT2D eigenvalue weighted by molar-refractivity contribution is 5.66. The molecule has 1 fully saturated rings. The number of allylic oxidation sites excluding steroid dienone is 5. The number of hydrogen-bond donors (Lipinski definition) is 2. The molecule has 0 amide bonds. The average Bonchev–Trinajstić information content (AvgIpc) is 2.85. The summed E-state index contributed by atoms with van der Waals surface area (Å²) in [4.78, 5) is 2.21. The van der Waals surface area contributed by atoms with Gasteiger partial charge < -0.3 is 21.1 Å². The third-order valence-electron chi connectivity index (χ3n) is 6.16. The second-order valence-electron chi connectivity index (χ2n) is 8.84. The molecule has 2 rings (SSSR count). The van der Waals surface area contributed by atoms with Crippen molar-refractivity contribution in [3.63, 3.8) is 0 Å². The molecule has 0 spiro atoms. The van der Waals surface area contributed by atoms with E-state index in [1.807, 2.05) is 19.2 Å². The lowest BCUT2D eigenvalue weighted by Crippen LogP contribution is -2.42. The molecule has 8 heteroatoms. The van der Waals surface area contributed by atoms with Gasteiger partial charge in [0.15, 0.2) is 0 Å². The Labute approximate surface area is 211 Å². The van der Waals surface area contributed by atoms with E-state index in [0.29, 0.717) is 17.7 Å². The summed E-state index contributed by atoms with van der Waals surface area (Å²) >= 11 is 0. The maximum Gasteiger partial charge on any atom is 0.416 e. The number of hydrogen-bond acceptors (Lipinski definition) is 5. The van der Waals surface area contributed by atoms with Crippen molar-refractivity contribution in [1.82, 2.24) is 4.90 Å². The number of piperidine rings is 1. The molecule has 0 aromatic heterocycles. The van der Waals surface area contributed by atoms with E-state index >= 15 is 0 Å². The zero-order valence-corrected chi connectivity index (χ0v) is 20.5. The van der Waals surface area contributed by atoms with E-state index in [4.69, 9.17) is 21.5 Å². The number of nitriles is 1. The highest BCUT2D eigenvalue weighted by Crippen LogP contribution is 2.39. The van der Waals surface area contributed by atoms with Crippen molar-refractivity contribution in [2.75, 3.05) is 33.4 Å². The van der Waals surface area contributed by atoms with Crippen LogP contribution in [0.4, 0.5) is 13.2 Å². The van der Waals surface area contributed by atoms with E-state index in [2.05, 4.69) is 18.1 Å². The van der Waals surface area contributed by atoms with Gasteiger partial charge in [-0.2, -0.15) is 18.4 Å². The number of alkyl halides is 3. The first-order chi connectivity index (χ1) is 17.0. The van der Waals surface area contributed by atoms with Crippen LogP contribution in [0.3, 0.4) is 0 Å². The number of likely N-dealkylation sites (tertiary alicyclic amines) is 1. The minimum atomic E-state index is -4.64. The first kappa shape index (κ1) is 28.7. The SMILES string of the molecule is C=C/C=C\C(=C/N)C1(COCC(=C)/C=C(\C=C(/N)c2ccc(C#N)cc2)C(F)(F)F)CCN(C)CC1. The number of benzene rings is 1. The minimum absolute atomic E-state index is 0.0752. The van der Waals surface area contributed by atoms with Crippen LogP contribution in [0.5, 0.6) is 0 Å². The van der Waals surface area contributed by atoms with Gasteiger partial charge in [-0.25, -0.2) is 0 Å². The Hall–Kier alpha value is -3.54. The van der Waals surface area contributed by atoms with E-state index in [9.17, 15) is 13.2 Å². The fourth-order valence-corrected chi connectivity index (χ4v) is 3.98. The number of nitrogens with zero attached hydrogens (tertiary/aromatic N) is 2. The zero-order chi connectivity index (χ0) is 26.8.